The molecule has 0 aliphatic rings. The molecule has 2 aromatic rings. The molecule has 0 fully saturated rings. The van der Waals surface area contributed by atoms with Gasteiger partial charge in [0.15, 0.2) is 0 Å². The quantitative estimate of drug-likeness (QED) is 0.890. The van der Waals surface area contributed by atoms with E-state index in [1.807, 2.05) is 6.92 Å². The van der Waals surface area contributed by atoms with Crippen LogP contribution in [-0.2, 0) is 10.0 Å². The summed E-state index contributed by atoms with van der Waals surface area (Å²) in [5.74, 6) is 0. The number of pyridine rings is 1. The van der Waals surface area contributed by atoms with Crippen LogP contribution in [0.2, 0.25) is 0 Å². The lowest BCUT2D eigenvalue weighted by atomic mass is 10.1. The second kappa shape index (κ2) is 6.24. The molecule has 1 atom stereocenters. The second-order valence-corrected chi connectivity index (χ2v) is 6.48. The van der Waals surface area contributed by atoms with Gasteiger partial charge < -0.3 is 5.11 Å². The van der Waals surface area contributed by atoms with E-state index >= 15 is 0 Å². The van der Waals surface area contributed by atoms with Crippen LogP contribution in [0.3, 0.4) is 0 Å². The molecule has 0 amide bonds. The number of aryl methyl sites for hydroxylation is 1. The van der Waals surface area contributed by atoms with Crippen LogP contribution in [0.15, 0.2) is 47.6 Å². The van der Waals surface area contributed by atoms with Gasteiger partial charge in [0.25, 0.3) is 10.0 Å². The molecule has 1 aromatic carbocycles. The molecule has 1 aromatic heterocycles. The zero-order valence-corrected chi connectivity index (χ0v) is 12.8. The topological polar surface area (TPSA) is 79.3 Å². The molecule has 0 bridgehead atoms. The first-order valence-electron chi connectivity index (χ1n) is 6.65. The summed E-state index contributed by atoms with van der Waals surface area (Å²) >= 11 is 0. The van der Waals surface area contributed by atoms with Crippen LogP contribution in [0.1, 0.15) is 30.6 Å². The molecule has 21 heavy (non-hydrogen) atoms. The van der Waals surface area contributed by atoms with Crippen molar-refractivity contribution in [3.8, 4) is 0 Å². The van der Waals surface area contributed by atoms with Crippen LogP contribution < -0.4 is 4.72 Å². The average Bonchev–Trinajstić information content (AvgIpc) is 2.49. The Balaban J connectivity index is 2.34. The smallest absolute Gasteiger partial charge is 0.261 e. The fourth-order valence-electron chi connectivity index (χ4n) is 1.90. The Labute approximate surface area is 124 Å². The second-order valence-electron chi connectivity index (χ2n) is 4.79. The van der Waals surface area contributed by atoms with E-state index in [0.717, 1.165) is 5.56 Å². The Morgan fingerprint density at radius 1 is 1.33 bits per heavy atom. The Hall–Kier alpha value is -1.92. The molecule has 1 unspecified atom stereocenters. The van der Waals surface area contributed by atoms with Crippen molar-refractivity contribution in [1.82, 2.24) is 4.98 Å². The van der Waals surface area contributed by atoms with Crippen LogP contribution in [0.4, 0.5) is 5.69 Å². The number of nitrogens with one attached hydrogen (secondary N) is 1. The minimum Gasteiger partial charge on any atom is -0.388 e. The first-order chi connectivity index (χ1) is 9.94. The highest BCUT2D eigenvalue weighted by Crippen LogP contribution is 2.22. The summed E-state index contributed by atoms with van der Waals surface area (Å²) in [5.41, 5.74) is 1.82. The SMILES string of the molecule is CCC(O)c1cccc(S(=O)(=O)Nc2cnccc2C)c1. The Kier molecular flexibility index (Phi) is 4.59. The summed E-state index contributed by atoms with van der Waals surface area (Å²) in [5, 5.41) is 9.83. The molecule has 5 nitrogen and oxygen atoms in total. The molecule has 1 heterocycles. The molecule has 0 aliphatic carbocycles. The molecular formula is C15H18N2O3S. The minimum absolute atomic E-state index is 0.121. The number of benzene rings is 1. The predicted octanol–water partition coefficient (Wildman–Crippen LogP) is 2.63. The van der Waals surface area contributed by atoms with E-state index in [1.165, 1.54) is 18.3 Å². The number of aliphatic hydroxyl groups is 1. The Morgan fingerprint density at radius 3 is 2.76 bits per heavy atom. The van der Waals surface area contributed by atoms with Gasteiger partial charge in [0.2, 0.25) is 0 Å². The number of sulfonamides is 1. The van der Waals surface area contributed by atoms with Crippen LogP contribution in [-0.4, -0.2) is 18.5 Å². The molecule has 6 heteroatoms. The van der Waals surface area contributed by atoms with Gasteiger partial charge in [-0.2, -0.15) is 0 Å². The van der Waals surface area contributed by atoms with Gasteiger partial charge in [0, 0.05) is 6.20 Å². The maximum atomic E-state index is 12.4. The maximum absolute atomic E-state index is 12.4. The summed E-state index contributed by atoms with van der Waals surface area (Å²) in [7, 11) is -3.70. The highest BCUT2D eigenvalue weighted by molar-refractivity contribution is 7.92. The lowest BCUT2D eigenvalue weighted by Crippen LogP contribution is -2.14. The largest absolute Gasteiger partial charge is 0.388 e. The van der Waals surface area contributed by atoms with Gasteiger partial charge in [-0.3, -0.25) is 9.71 Å². The number of rotatable bonds is 5. The molecule has 0 radical (unpaired) electrons. The summed E-state index contributed by atoms with van der Waals surface area (Å²) in [6, 6.07) is 8.05. The average molecular weight is 306 g/mol. The van der Waals surface area contributed by atoms with Crippen LogP contribution in [0.5, 0.6) is 0 Å². The highest BCUT2D eigenvalue weighted by atomic mass is 32.2. The van der Waals surface area contributed by atoms with Crippen molar-refractivity contribution in [2.45, 2.75) is 31.3 Å². The first kappa shape index (κ1) is 15.5. The normalized spacial score (nSPS) is 12.9. The van der Waals surface area contributed by atoms with Crippen LogP contribution >= 0.6 is 0 Å². The lowest BCUT2D eigenvalue weighted by Gasteiger charge is -2.12. The predicted molar refractivity (Wildman–Crippen MR) is 81.5 cm³/mol. The van der Waals surface area contributed by atoms with Crippen molar-refractivity contribution in [1.29, 1.82) is 0 Å². The third-order valence-corrected chi connectivity index (χ3v) is 4.59. The third kappa shape index (κ3) is 3.59. The van der Waals surface area contributed by atoms with E-state index in [9.17, 15) is 13.5 Å². The van der Waals surface area contributed by atoms with E-state index in [1.54, 1.807) is 31.3 Å². The van der Waals surface area contributed by atoms with E-state index in [2.05, 4.69) is 9.71 Å². The zero-order valence-electron chi connectivity index (χ0n) is 11.9. The molecular weight excluding hydrogens is 288 g/mol. The third-order valence-electron chi connectivity index (χ3n) is 3.22. The van der Waals surface area contributed by atoms with Gasteiger partial charge >= 0.3 is 0 Å². The number of hydrogen-bond donors (Lipinski definition) is 2. The molecule has 0 aliphatic heterocycles. The molecule has 2 rings (SSSR count). The van der Waals surface area contributed by atoms with Crippen LogP contribution in [0.25, 0.3) is 0 Å². The van der Waals surface area contributed by atoms with Crippen molar-refractivity contribution in [2.24, 2.45) is 0 Å². The monoisotopic (exact) mass is 306 g/mol. The van der Waals surface area contributed by atoms with E-state index in [4.69, 9.17) is 0 Å². The van der Waals surface area contributed by atoms with Gasteiger partial charge in [-0.15, -0.1) is 0 Å². The van der Waals surface area contributed by atoms with Crippen molar-refractivity contribution in [2.75, 3.05) is 4.72 Å². The summed E-state index contributed by atoms with van der Waals surface area (Å²) in [6.07, 6.45) is 2.93. The number of anilines is 1. The van der Waals surface area contributed by atoms with Gasteiger partial charge in [-0.05, 0) is 42.7 Å². The summed E-state index contributed by atoms with van der Waals surface area (Å²) in [4.78, 5) is 4.04. The fourth-order valence-corrected chi connectivity index (χ4v) is 3.07. The van der Waals surface area contributed by atoms with Gasteiger partial charge in [0.1, 0.15) is 0 Å². The molecule has 112 valence electrons. The van der Waals surface area contributed by atoms with Crippen molar-refractivity contribution in [3.63, 3.8) is 0 Å². The number of hydrogen-bond acceptors (Lipinski definition) is 4. The standard InChI is InChI=1S/C15H18N2O3S/c1-3-15(18)12-5-4-6-13(9-12)21(19,20)17-14-10-16-8-7-11(14)2/h4-10,15,17-18H,3H2,1-2H3. The van der Waals surface area contributed by atoms with Gasteiger partial charge in [-0.1, -0.05) is 19.1 Å². The number of nitrogens with zero attached hydrogens (tertiary/aromatic N) is 1. The molecule has 0 spiro atoms. The molecule has 0 saturated carbocycles. The van der Waals surface area contributed by atoms with Crippen LogP contribution in [0, 0.1) is 6.92 Å². The highest BCUT2D eigenvalue weighted by Gasteiger charge is 2.17. The van der Waals surface area contributed by atoms with Crippen molar-refractivity contribution in [3.05, 3.63) is 53.9 Å². The number of aromatic nitrogens is 1. The van der Waals surface area contributed by atoms with E-state index in [0.29, 0.717) is 17.7 Å². The van der Waals surface area contributed by atoms with Crippen molar-refractivity contribution < 1.29 is 13.5 Å². The van der Waals surface area contributed by atoms with Crippen molar-refractivity contribution >= 4 is 15.7 Å². The maximum Gasteiger partial charge on any atom is 0.261 e. The van der Waals surface area contributed by atoms with E-state index in [-0.39, 0.29) is 4.90 Å². The van der Waals surface area contributed by atoms with Gasteiger partial charge in [-0.25, -0.2) is 8.42 Å². The first-order valence-corrected chi connectivity index (χ1v) is 8.14. The Morgan fingerprint density at radius 2 is 2.10 bits per heavy atom. The fraction of sp³-hybridized carbons (Fsp3) is 0.267. The molecule has 0 saturated heterocycles. The number of aliphatic hydroxyl groups excluding tert-OH is 1. The van der Waals surface area contributed by atoms with Gasteiger partial charge in [0.05, 0.1) is 22.9 Å². The minimum atomic E-state index is -3.70. The zero-order chi connectivity index (χ0) is 15.5. The Bertz CT molecular complexity index is 729. The van der Waals surface area contributed by atoms with E-state index < -0.39 is 16.1 Å². The summed E-state index contributed by atoms with van der Waals surface area (Å²) in [6.45, 7) is 3.64. The summed E-state index contributed by atoms with van der Waals surface area (Å²) < 4.78 is 27.3. The lowest BCUT2D eigenvalue weighted by molar-refractivity contribution is 0.173. The molecule has 2 N–H and O–H groups in total.